The summed E-state index contributed by atoms with van der Waals surface area (Å²) in [6, 6.07) is 39.6. The molecule has 3 atom stereocenters. The van der Waals surface area contributed by atoms with Crippen molar-refractivity contribution in [1.29, 1.82) is 0 Å². The van der Waals surface area contributed by atoms with Crippen molar-refractivity contribution < 1.29 is 87.2 Å². The molecule has 0 radical (unpaired) electrons. The molecule has 15 N–H and O–H groups in total. The van der Waals surface area contributed by atoms with Gasteiger partial charge in [0, 0.05) is 82.9 Å². The predicted octanol–water partition coefficient (Wildman–Crippen LogP) is 15.0. The molecule has 2 saturated carbocycles. The number of ketones is 4. The highest BCUT2D eigenvalue weighted by atomic mass is 19.4. The summed E-state index contributed by atoms with van der Waals surface area (Å²) in [6.07, 6.45) is -1.15. The topological polar surface area (TPSA) is 396 Å². The Kier molecular flexibility index (Phi) is 27.6. The average molecular weight is 1610 g/mol. The number of carbonyl (C=O) groups is 4. The van der Waals surface area contributed by atoms with E-state index in [2.05, 4.69) is 57.0 Å². The van der Waals surface area contributed by atoms with Crippen LogP contribution in [0.4, 0.5) is 68.6 Å². The highest BCUT2D eigenvalue weighted by Crippen LogP contribution is 2.39. The van der Waals surface area contributed by atoms with E-state index in [-0.39, 0.29) is 115 Å². The standard InChI is InChI=1S/C22H21F3N4O2.C22H20N4O2.C20H22F3N5O.C18H19F3N4O2.10H2/c1-2-21(27,14-7-4-3-5-8-14)13-31-17-11-10-16(22(23,24)25)18(29-17)19(30)15-9-6-12-28-20(15)26;1-2-7-16-11-12-19(28-14-18(23)15-8-4-3-5-9-15)26-20(16)21(27)17-10-6-13-25-22(17)24;21-20(22,23)15-5-6-16(28-9-8-25-13(11-28)10-12-3-4-12)27-17(15)18(29)14-2-1-7-26-19(14)24;19-18(20,21)12-5-6-13(27-10-17(23)7-1-2-8-17)25-14(12)15(26)11-4-3-9-24-16(11)22;;;;;;;;;;/h3-12H,2,13,27H2,1H3,(H2,26,28);3-6,8-13,18H,14,23H2,1H3,(H2,24,25);1-2,5-7,12-13,25H,3-4,8-11H2,(H2,24,26);3-6,9H,1-2,7-8,10,23H2,(H2,22,24);10*1H. The van der Waals surface area contributed by atoms with E-state index in [4.69, 9.17) is 54.3 Å². The molecular weight excluding hydrogens is 1510 g/mol. The van der Waals surface area contributed by atoms with E-state index < -0.39 is 80.7 Å². The number of anilines is 5. The van der Waals surface area contributed by atoms with Gasteiger partial charge in [0.2, 0.25) is 40.8 Å². The lowest BCUT2D eigenvalue weighted by molar-refractivity contribution is -0.139. The van der Waals surface area contributed by atoms with Crippen molar-refractivity contribution in [3.8, 4) is 29.5 Å². The van der Waals surface area contributed by atoms with Crippen LogP contribution in [0.2, 0.25) is 0 Å². The first-order chi connectivity index (χ1) is 54.8. The van der Waals surface area contributed by atoms with Gasteiger partial charge in [-0.05, 0) is 129 Å². The Morgan fingerprint density at radius 3 is 1.43 bits per heavy atom. The van der Waals surface area contributed by atoms with Crippen LogP contribution < -0.4 is 64.6 Å². The van der Waals surface area contributed by atoms with Gasteiger partial charge in [-0.25, -0.2) is 39.9 Å². The molecule has 0 amide bonds. The minimum absolute atomic E-state index is 0. The average Bonchev–Trinajstić information content (AvgIpc) is 1.76. The van der Waals surface area contributed by atoms with Crippen LogP contribution >= 0.6 is 0 Å². The van der Waals surface area contributed by atoms with Crippen LogP contribution in [0, 0.1) is 17.8 Å². The SMILES string of the molecule is CC#Cc1ccc(OCC(N)c2ccccc2)nc1C(=O)c1cccnc1N.CCC(N)(COc1ccc(C(F)(F)F)c(C(=O)c2cccnc2N)n1)c1ccccc1.Nc1ncccc1C(=O)c1nc(N2CCNC(CC3CC3)C2)ccc1C(F)(F)F.Nc1ncccc1C(=O)c1nc(OCC2(N)CCCC2)ccc1C(F)(F)F.[HH].[HH].[HH].[HH].[HH].[HH].[HH].[HH].[HH].[HH]. The van der Waals surface area contributed by atoms with Gasteiger partial charge < -0.3 is 64.6 Å². The molecule has 1 aliphatic heterocycles. The lowest BCUT2D eigenvalue weighted by Gasteiger charge is -2.35. The summed E-state index contributed by atoms with van der Waals surface area (Å²) in [4.78, 5) is 84.7. The highest BCUT2D eigenvalue weighted by molar-refractivity contribution is 6.13. The van der Waals surface area contributed by atoms with Gasteiger partial charge in [0.15, 0.2) is 0 Å². The summed E-state index contributed by atoms with van der Waals surface area (Å²) < 4.78 is 138. The maximum Gasteiger partial charge on any atom is 0.418 e. The highest BCUT2D eigenvalue weighted by Gasteiger charge is 2.41. The first kappa shape index (κ1) is 84.9. The summed E-state index contributed by atoms with van der Waals surface area (Å²) in [7, 11) is 0. The summed E-state index contributed by atoms with van der Waals surface area (Å²) >= 11 is 0. The Bertz CT molecular complexity index is 5190. The summed E-state index contributed by atoms with van der Waals surface area (Å²) in [5, 5.41) is 3.46. The molecule has 3 unspecified atom stereocenters. The van der Waals surface area contributed by atoms with Crippen molar-refractivity contribution in [2.75, 3.05) is 67.3 Å². The Hall–Kier alpha value is -12.5. The maximum atomic E-state index is 13.5. The number of piperazine rings is 1. The van der Waals surface area contributed by atoms with E-state index >= 15 is 0 Å². The van der Waals surface area contributed by atoms with Gasteiger partial charge in [0.1, 0.15) is 71.7 Å². The number of benzene rings is 2. The molecule has 24 nitrogen and oxygen atoms in total. The van der Waals surface area contributed by atoms with Crippen LogP contribution in [-0.4, -0.2) is 114 Å². The number of carbonyl (C=O) groups excluding carboxylic acids is 4. The zero-order valence-corrected chi connectivity index (χ0v) is 62.3. The minimum atomic E-state index is -4.79. The van der Waals surface area contributed by atoms with E-state index in [1.54, 1.807) is 31.2 Å². The second-order valence-electron chi connectivity index (χ2n) is 27.3. The lowest BCUT2D eigenvalue weighted by atomic mass is 9.89. The van der Waals surface area contributed by atoms with Crippen LogP contribution in [0.5, 0.6) is 17.6 Å². The Morgan fingerprint density at radius 1 is 0.557 bits per heavy atom. The van der Waals surface area contributed by atoms with E-state index in [1.807, 2.05) is 72.5 Å². The van der Waals surface area contributed by atoms with Crippen LogP contribution in [-0.2, 0) is 24.1 Å². The van der Waals surface area contributed by atoms with Crippen LogP contribution in [0.15, 0.2) is 183 Å². The molecule has 620 valence electrons. The summed E-state index contributed by atoms with van der Waals surface area (Å²) in [6.45, 7) is 5.84. The van der Waals surface area contributed by atoms with Crippen molar-refractivity contribution >= 4 is 52.2 Å². The van der Waals surface area contributed by atoms with Gasteiger partial charge in [0.05, 0.1) is 61.6 Å². The van der Waals surface area contributed by atoms with Crippen molar-refractivity contribution in [2.45, 2.75) is 107 Å². The minimum Gasteiger partial charge on any atom is -0.476 e. The number of alkyl halides is 9. The monoisotopic (exact) mass is 1610 g/mol. The molecule has 115 heavy (non-hydrogen) atoms. The van der Waals surface area contributed by atoms with Gasteiger partial charge in [-0.1, -0.05) is 99.2 Å². The zero-order valence-electron chi connectivity index (χ0n) is 62.3. The first-order valence-electron chi connectivity index (χ1n) is 36.3. The van der Waals surface area contributed by atoms with Crippen molar-refractivity contribution in [3.63, 3.8) is 0 Å². The van der Waals surface area contributed by atoms with E-state index in [1.165, 1.54) is 80.1 Å². The van der Waals surface area contributed by atoms with Crippen molar-refractivity contribution in [3.05, 3.63) is 261 Å². The molecule has 2 aliphatic carbocycles. The predicted molar refractivity (Wildman–Crippen MR) is 433 cm³/mol. The number of hydrogen-bond donors (Lipinski definition) is 8. The molecule has 8 aromatic heterocycles. The number of nitrogens with zero attached hydrogens (tertiary/aromatic N) is 9. The molecule has 3 aliphatic rings. The number of nitrogens with two attached hydrogens (primary N) is 7. The molecule has 3 fully saturated rings. The zero-order chi connectivity index (χ0) is 82.8. The lowest BCUT2D eigenvalue weighted by Crippen LogP contribution is -2.51. The van der Waals surface area contributed by atoms with Gasteiger partial charge >= 0.3 is 18.5 Å². The number of rotatable bonds is 23. The second-order valence-corrected chi connectivity index (χ2v) is 27.3. The number of pyridine rings is 8. The fourth-order valence-electron chi connectivity index (χ4n) is 12.5. The van der Waals surface area contributed by atoms with Gasteiger partial charge in [-0.15, -0.1) is 5.92 Å². The Balaban J connectivity index is 0.00000160. The molecule has 10 aromatic rings. The molecule has 0 spiro atoms. The summed E-state index contributed by atoms with van der Waals surface area (Å²) in [5.41, 5.74) is 36.8. The van der Waals surface area contributed by atoms with E-state index in [9.17, 15) is 58.7 Å². The van der Waals surface area contributed by atoms with Gasteiger partial charge in [0.25, 0.3) is 0 Å². The maximum absolute atomic E-state index is 13.5. The third kappa shape index (κ3) is 22.2. The quantitative estimate of drug-likeness (QED) is 0.0167. The Morgan fingerprint density at radius 2 is 0.983 bits per heavy atom. The fraction of sp³-hybridized carbons (Fsp3) is 0.293. The van der Waals surface area contributed by atoms with Gasteiger partial charge in [-0.2, -0.15) is 39.5 Å². The molecular formula is C82H102F9N17O7. The molecule has 9 heterocycles. The number of ether oxygens (including phenoxy) is 3. The second kappa shape index (κ2) is 37.4. The number of halogens is 9. The van der Waals surface area contributed by atoms with Crippen molar-refractivity contribution in [1.82, 2.24) is 45.2 Å². The largest absolute Gasteiger partial charge is 0.476 e. The number of hydrogen-bond acceptors (Lipinski definition) is 24. The van der Waals surface area contributed by atoms with E-state index in [0.29, 0.717) is 36.8 Å². The number of aromatic nitrogens is 8. The smallest absolute Gasteiger partial charge is 0.418 e. The van der Waals surface area contributed by atoms with Crippen LogP contribution in [0.25, 0.3) is 0 Å². The van der Waals surface area contributed by atoms with Crippen LogP contribution in [0.1, 0.15) is 183 Å². The third-order valence-electron chi connectivity index (χ3n) is 19.0. The molecule has 1 saturated heterocycles. The number of nitrogens with one attached hydrogen (secondary N) is 1. The normalized spacial score (nSPS) is 15.2. The van der Waals surface area contributed by atoms with E-state index in [0.717, 1.165) is 86.0 Å². The fourth-order valence-corrected chi connectivity index (χ4v) is 12.5. The number of nitrogen functional groups attached to an aromatic ring is 4. The molecule has 0 bridgehead atoms. The molecule has 33 heteroatoms. The van der Waals surface area contributed by atoms with Crippen molar-refractivity contribution in [2.24, 2.45) is 23.1 Å². The van der Waals surface area contributed by atoms with Gasteiger partial charge in [-0.3, -0.25) is 19.2 Å². The third-order valence-corrected chi connectivity index (χ3v) is 19.0. The summed E-state index contributed by atoms with van der Waals surface area (Å²) in [5.74, 6) is 3.27. The Labute approximate surface area is 670 Å². The molecule has 13 rings (SSSR count). The van der Waals surface area contributed by atoms with Crippen LogP contribution in [0.3, 0.4) is 0 Å². The molecule has 2 aromatic carbocycles. The first-order valence-corrected chi connectivity index (χ1v) is 36.3.